The topological polar surface area (TPSA) is 89.9 Å². The molecule has 0 aliphatic carbocycles. The molecule has 0 bridgehead atoms. The Kier molecular flexibility index (Phi) is 5.36. The number of hydrogen-bond donors (Lipinski definition) is 1. The Morgan fingerprint density at radius 3 is 2.52 bits per heavy atom. The van der Waals surface area contributed by atoms with Gasteiger partial charge in [0.25, 0.3) is 10.1 Å². The van der Waals surface area contributed by atoms with Crippen molar-refractivity contribution in [3.8, 4) is 5.75 Å². The van der Waals surface area contributed by atoms with Crippen LogP contribution in [0.1, 0.15) is 5.56 Å². The number of ether oxygens (including phenoxy) is 2. The van der Waals surface area contributed by atoms with E-state index in [1.807, 2.05) is 30.3 Å². The molecule has 122 valence electrons. The van der Waals surface area contributed by atoms with E-state index in [4.69, 9.17) is 9.29 Å². The quantitative estimate of drug-likeness (QED) is 0.474. The lowest BCUT2D eigenvalue weighted by atomic mass is 10.1. The minimum atomic E-state index is -4.37. The van der Waals surface area contributed by atoms with Crippen LogP contribution < -0.4 is 4.74 Å². The Labute approximate surface area is 134 Å². The Morgan fingerprint density at radius 2 is 1.83 bits per heavy atom. The van der Waals surface area contributed by atoms with Gasteiger partial charge in [-0.1, -0.05) is 30.9 Å². The largest absolute Gasteiger partial charge is 0.490 e. The summed E-state index contributed by atoms with van der Waals surface area (Å²) in [6.07, 6.45) is 1.77. The van der Waals surface area contributed by atoms with Crippen molar-refractivity contribution in [3.05, 3.63) is 48.5 Å². The summed E-state index contributed by atoms with van der Waals surface area (Å²) in [5.74, 6) is -1.48. The molecular formula is C16H16O6S. The van der Waals surface area contributed by atoms with Crippen molar-refractivity contribution in [3.63, 3.8) is 0 Å². The fourth-order valence-electron chi connectivity index (χ4n) is 1.96. The van der Waals surface area contributed by atoms with Crippen LogP contribution in [0.4, 0.5) is 0 Å². The molecule has 7 heteroatoms. The van der Waals surface area contributed by atoms with Gasteiger partial charge in [-0.25, -0.2) is 0 Å². The van der Waals surface area contributed by atoms with Gasteiger partial charge in [-0.05, 0) is 34.5 Å². The van der Waals surface area contributed by atoms with E-state index in [0.29, 0.717) is 5.75 Å². The minimum Gasteiger partial charge on any atom is -0.490 e. The van der Waals surface area contributed by atoms with Crippen molar-refractivity contribution < 1.29 is 27.2 Å². The van der Waals surface area contributed by atoms with Gasteiger partial charge in [0.15, 0.2) is 5.75 Å². The second kappa shape index (κ2) is 7.26. The second-order valence-electron chi connectivity index (χ2n) is 4.77. The highest BCUT2D eigenvalue weighted by Crippen LogP contribution is 2.22. The highest BCUT2D eigenvalue weighted by Gasteiger charge is 2.13. The summed E-state index contributed by atoms with van der Waals surface area (Å²) in [4.78, 5) is 11.1. The van der Waals surface area contributed by atoms with Crippen molar-refractivity contribution in [1.29, 1.82) is 0 Å². The van der Waals surface area contributed by atoms with Gasteiger partial charge in [0.05, 0.1) is 0 Å². The first-order valence-corrected chi connectivity index (χ1v) is 8.38. The van der Waals surface area contributed by atoms with Crippen LogP contribution >= 0.6 is 0 Å². The first kappa shape index (κ1) is 17.0. The van der Waals surface area contributed by atoms with Crippen molar-refractivity contribution in [2.24, 2.45) is 0 Å². The summed E-state index contributed by atoms with van der Waals surface area (Å²) in [7, 11) is -4.37. The normalized spacial score (nSPS) is 11.2. The summed E-state index contributed by atoms with van der Waals surface area (Å²) in [5.41, 5.74) is 1.02. The molecule has 0 aromatic heterocycles. The van der Waals surface area contributed by atoms with Gasteiger partial charge in [0.2, 0.25) is 0 Å². The molecule has 0 aliphatic rings. The lowest BCUT2D eigenvalue weighted by molar-refractivity contribution is -0.141. The smallest absolute Gasteiger partial charge is 0.323 e. The maximum atomic E-state index is 11.1. The minimum absolute atomic E-state index is 0.0768. The van der Waals surface area contributed by atoms with Gasteiger partial charge in [-0.3, -0.25) is 9.35 Å². The third-order valence-corrected chi connectivity index (χ3v) is 3.59. The Bertz CT molecular complexity index is 826. The molecule has 23 heavy (non-hydrogen) atoms. The number of fused-ring (bicyclic) bond motifs is 1. The van der Waals surface area contributed by atoms with E-state index in [1.54, 1.807) is 12.1 Å². The number of carbonyl (C=O) groups is 1. The highest BCUT2D eigenvalue weighted by atomic mass is 32.2. The lowest BCUT2D eigenvalue weighted by Crippen LogP contribution is -2.20. The Balaban J connectivity index is 1.88. The summed E-state index contributed by atoms with van der Waals surface area (Å²) < 4.78 is 39.5. The van der Waals surface area contributed by atoms with Crippen LogP contribution in [0, 0.1) is 0 Å². The summed E-state index contributed by atoms with van der Waals surface area (Å²) in [6.45, 7) is 3.69. The van der Waals surface area contributed by atoms with Crippen molar-refractivity contribution >= 4 is 32.9 Å². The molecule has 0 heterocycles. The van der Waals surface area contributed by atoms with Crippen LogP contribution in [0.2, 0.25) is 0 Å². The molecule has 2 aromatic carbocycles. The van der Waals surface area contributed by atoms with Crippen LogP contribution in [0.3, 0.4) is 0 Å². The van der Waals surface area contributed by atoms with E-state index in [9.17, 15) is 13.2 Å². The van der Waals surface area contributed by atoms with E-state index in [-0.39, 0.29) is 13.2 Å². The second-order valence-corrected chi connectivity index (χ2v) is 6.22. The van der Waals surface area contributed by atoms with E-state index < -0.39 is 21.8 Å². The molecule has 0 saturated heterocycles. The molecule has 0 unspecified atom stereocenters. The predicted molar refractivity (Wildman–Crippen MR) is 86.9 cm³/mol. The zero-order valence-corrected chi connectivity index (χ0v) is 13.1. The molecular weight excluding hydrogens is 320 g/mol. The van der Waals surface area contributed by atoms with Crippen LogP contribution in [-0.4, -0.2) is 37.9 Å². The number of benzene rings is 2. The average Bonchev–Trinajstić information content (AvgIpc) is 2.49. The standard InChI is InChI=1S/C16H16O6S/c1-2-12-3-4-14-10-15(6-5-13(14)9-12)21-7-8-22-16(17)11-23(18,19)20/h2-6,9-10H,1,7-8,11H2,(H,18,19,20). The predicted octanol–water partition coefficient (Wildman–Crippen LogP) is 2.29. The lowest BCUT2D eigenvalue weighted by Gasteiger charge is -2.08. The molecule has 0 spiro atoms. The van der Waals surface area contributed by atoms with Crippen molar-refractivity contribution in [2.45, 2.75) is 0 Å². The van der Waals surface area contributed by atoms with Crippen molar-refractivity contribution in [2.75, 3.05) is 19.0 Å². The summed E-state index contributed by atoms with van der Waals surface area (Å²) in [6, 6.07) is 11.4. The molecule has 6 nitrogen and oxygen atoms in total. The molecule has 0 saturated carbocycles. The van der Waals surface area contributed by atoms with Crippen LogP contribution in [0.15, 0.2) is 43.0 Å². The molecule has 0 aliphatic heterocycles. The summed E-state index contributed by atoms with van der Waals surface area (Å²) in [5, 5.41) is 2.05. The van der Waals surface area contributed by atoms with Gasteiger partial charge in [-0.2, -0.15) is 8.42 Å². The highest BCUT2D eigenvalue weighted by molar-refractivity contribution is 7.86. The summed E-state index contributed by atoms with van der Waals surface area (Å²) >= 11 is 0. The van der Waals surface area contributed by atoms with E-state index in [0.717, 1.165) is 16.3 Å². The Morgan fingerprint density at radius 1 is 1.13 bits per heavy atom. The first-order chi connectivity index (χ1) is 10.9. The number of carbonyl (C=O) groups excluding carboxylic acids is 1. The van der Waals surface area contributed by atoms with E-state index >= 15 is 0 Å². The zero-order valence-electron chi connectivity index (χ0n) is 12.3. The van der Waals surface area contributed by atoms with Gasteiger partial charge >= 0.3 is 5.97 Å². The molecule has 2 aromatic rings. The maximum absolute atomic E-state index is 11.1. The molecule has 0 radical (unpaired) electrons. The maximum Gasteiger partial charge on any atom is 0.323 e. The van der Waals surface area contributed by atoms with Gasteiger partial charge in [-0.15, -0.1) is 0 Å². The fourth-order valence-corrected chi connectivity index (χ4v) is 2.35. The number of hydrogen-bond acceptors (Lipinski definition) is 5. The van der Waals surface area contributed by atoms with Gasteiger partial charge in [0, 0.05) is 0 Å². The van der Waals surface area contributed by atoms with Crippen LogP contribution in [0.25, 0.3) is 16.8 Å². The SMILES string of the molecule is C=Cc1ccc2cc(OCCOC(=O)CS(=O)(=O)O)ccc2c1. The fraction of sp³-hybridized carbons (Fsp3) is 0.188. The molecule has 0 amide bonds. The van der Waals surface area contributed by atoms with Crippen LogP contribution in [0.5, 0.6) is 5.75 Å². The monoisotopic (exact) mass is 336 g/mol. The number of esters is 1. The van der Waals surface area contributed by atoms with E-state index in [2.05, 4.69) is 11.3 Å². The molecule has 0 atom stereocenters. The van der Waals surface area contributed by atoms with Crippen LogP contribution in [-0.2, 0) is 19.6 Å². The van der Waals surface area contributed by atoms with E-state index in [1.165, 1.54) is 0 Å². The van der Waals surface area contributed by atoms with Gasteiger partial charge < -0.3 is 9.47 Å². The molecule has 1 N–H and O–H groups in total. The van der Waals surface area contributed by atoms with Gasteiger partial charge in [0.1, 0.15) is 19.0 Å². The molecule has 0 fully saturated rings. The van der Waals surface area contributed by atoms with Crippen molar-refractivity contribution in [1.82, 2.24) is 0 Å². The third kappa shape index (κ3) is 5.39. The average molecular weight is 336 g/mol. The first-order valence-electron chi connectivity index (χ1n) is 6.77. The third-order valence-electron chi connectivity index (χ3n) is 2.99. The molecule has 2 rings (SSSR count). The Hall–Kier alpha value is -2.38. The zero-order chi connectivity index (χ0) is 16.9. The number of rotatable bonds is 7.